The van der Waals surface area contributed by atoms with Gasteiger partial charge in [-0.05, 0) is 94.6 Å². The van der Waals surface area contributed by atoms with Crippen LogP contribution >= 0.6 is 0 Å². The fraction of sp³-hybridized carbons (Fsp3) is 0.128. The van der Waals surface area contributed by atoms with Crippen LogP contribution in [-0.2, 0) is 5.41 Å². The summed E-state index contributed by atoms with van der Waals surface area (Å²) >= 11 is 0. The first kappa shape index (κ1) is 29.4. The van der Waals surface area contributed by atoms with Gasteiger partial charge in [-0.1, -0.05) is 135 Å². The molecule has 9 rings (SSSR count). The van der Waals surface area contributed by atoms with Crippen molar-refractivity contribution in [1.29, 1.82) is 0 Å². The molecule has 1 aromatic heterocycles. The van der Waals surface area contributed by atoms with Crippen molar-refractivity contribution in [2.45, 2.75) is 38.5 Å². The molecule has 0 saturated heterocycles. The first-order valence-electron chi connectivity index (χ1n) is 17.4. The van der Waals surface area contributed by atoms with E-state index in [9.17, 15) is 0 Å². The molecule has 0 unspecified atom stereocenters. The Morgan fingerprint density at radius 3 is 2.04 bits per heavy atom. The molecule has 1 aliphatic heterocycles. The van der Waals surface area contributed by atoms with E-state index in [-0.39, 0.29) is 5.41 Å². The SMILES string of the molecule is CC1(C)c2ccccc2-c2ccc(C3=N/C(c4ccccc4)=C\CCC/C(c4cccc(-n5c6ccccc6c6ccccc65)c4)=C\3)cc21. The van der Waals surface area contributed by atoms with Crippen LogP contribution in [0.1, 0.15) is 60.9 Å². The van der Waals surface area contributed by atoms with Gasteiger partial charge in [0.2, 0.25) is 0 Å². The molecule has 2 nitrogen and oxygen atoms in total. The number of aliphatic imine (C=N–C) groups is 1. The molecule has 236 valence electrons. The second kappa shape index (κ2) is 11.8. The van der Waals surface area contributed by atoms with Crippen LogP contribution in [0.5, 0.6) is 0 Å². The summed E-state index contributed by atoms with van der Waals surface area (Å²) in [4.78, 5) is 5.48. The lowest BCUT2D eigenvalue weighted by Crippen LogP contribution is -2.15. The summed E-state index contributed by atoms with van der Waals surface area (Å²) < 4.78 is 2.41. The minimum absolute atomic E-state index is 0.0811. The highest BCUT2D eigenvalue weighted by Crippen LogP contribution is 2.49. The van der Waals surface area contributed by atoms with E-state index in [1.54, 1.807) is 0 Å². The van der Waals surface area contributed by atoms with E-state index in [0.717, 1.165) is 41.8 Å². The minimum atomic E-state index is -0.0811. The molecule has 2 aliphatic rings. The average molecular weight is 631 g/mol. The summed E-state index contributed by atoms with van der Waals surface area (Å²) in [6.07, 6.45) is 7.68. The van der Waals surface area contributed by atoms with Crippen molar-refractivity contribution in [1.82, 2.24) is 4.57 Å². The average Bonchev–Trinajstić information content (AvgIpc) is 3.64. The first-order chi connectivity index (χ1) is 24.1. The summed E-state index contributed by atoms with van der Waals surface area (Å²) in [7, 11) is 0. The molecular formula is C47H38N2. The van der Waals surface area contributed by atoms with E-state index in [2.05, 4.69) is 176 Å². The van der Waals surface area contributed by atoms with E-state index in [1.807, 2.05) is 0 Å². The number of hydrogen-bond acceptors (Lipinski definition) is 1. The van der Waals surface area contributed by atoms with Crippen molar-refractivity contribution in [3.05, 3.63) is 186 Å². The van der Waals surface area contributed by atoms with Gasteiger partial charge in [-0.3, -0.25) is 0 Å². The maximum Gasteiger partial charge on any atom is 0.0712 e. The number of rotatable bonds is 4. The third kappa shape index (κ3) is 4.98. The Labute approximate surface area is 288 Å². The van der Waals surface area contributed by atoms with Crippen LogP contribution in [0.2, 0.25) is 0 Å². The zero-order valence-corrected chi connectivity index (χ0v) is 28.0. The zero-order chi connectivity index (χ0) is 33.0. The van der Waals surface area contributed by atoms with Crippen molar-refractivity contribution in [3.63, 3.8) is 0 Å². The lowest BCUT2D eigenvalue weighted by Gasteiger charge is -2.22. The highest BCUT2D eigenvalue weighted by atomic mass is 15.0. The normalized spacial score (nSPS) is 18.6. The standard InChI is InChI=1S/C47H38N2/c1-47(2)41-23-10-7-20-37(41)38-28-27-35(30-42(38)47)44-31-34(17-6-11-24-43(48-44)32-15-4-3-5-16-32)33-18-14-19-36(29-33)49-45-25-12-8-21-39(45)40-22-9-13-26-46(40)49/h3-5,7-10,12-16,18-31H,6,11,17H2,1-2H3/b34-31+,43-24-,48-44+. The Hall–Kier alpha value is -5.73. The topological polar surface area (TPSA) is 17.3 Å². The van der Waals surface area contributed by atoms with Crippen LogP contribution < -0.4 is 0 Å². The van der Waals surface area contributed by atoms with Crippen LogP contribution in [0.3, 0.4) is 0 Å². The molecule has 0 amide bonds. The van der Waals surface area contributed by atoms with Crippen LogP contribution in [0.4, 0.5) is 0 Å². The molecule has 2 heteroatoms. The van der Waals surface area contributed by atoms with Crippen molar-refractivity contribution >= 4 is 38.8 Å². The number of aromatic nitrogens is 1. The van der Waals surface area contributed by atoms with Gasteiger partial charge in [-0.15, -0.1) is 0 Å². The van der Waals surface area contributed by atoms with Crippen LogP contribution in [-0.4, -0.2) is 10.3 Å². The zero-order valence-electron chi connectivity index (χ0n) is 28.0. The Kier molecular flexibility index (Phi) is 7.05. The van der Waals surface area contributed by atoms with Crippen molar-refractivity contribution in [3.8, 4) is 16.8 Å². The number of hydrogen-bond donors (Lipinski definition) is 0. The predicted octanol–water partition coefficient (Wildman–Crippen LogP) is 12.2. The van der Waals surface area contributed by atoms with E-state index in [0.29, 0.717) is 0 Å². The summed E-state index contributed by atoms with van der Waals surface area (Å²) in [6, 6.07) is 53.0. The number of benzene rings is 6. The number of nitrogens with zero attached hydrogens (tertiary/aromatic N) is 2. The van der Waals surface area contributed by atoms with E-state index >= 15 is 0 Å². The summed E-state index contributed by atoms with van der Waals surface area (Å²) in [5.41, 5.74) is 15.9. The number of para-hydroxylation sites is 2. The molecular weight excluding hydrogens is 593 g/mol. The lowest BCUT2D eigenvalue weighted by molar-refractivity contribution is 0.660. The van der Waals surface area contributed by atoms with Crippen LogP contribution in [0, 0.1) is 0 Å². The molecule has 1 aliphatic carbocycles. The summed E-state index contributed by atoms with van der Waals surface area (Å²) in [6.45, 7) is 4.70. The minimum Gasteiger partial charge on any atom is -0.309 e. The fourth-order valence-corrected chi connectivity index (χ4v) is 8.05. The molecule has 2 heterocycles. The first-order valence-corrected chi connectivity index (χ1v) is 17.4. The molecule has 0 saturated carbocycles. The van der Waals surface area contributed by atoms with E-state index < -0.39 is 0 Å². The fourth-order valence-electron chi connectivity index (χ4n) is 8.05. The molecule has 0 N–H and O–H groups in total. The maximum atomic E-state index is 5.48. The third-order valence-corrected chi connectivity index (χ3v) is 10.5. The predicted molar refractivity (Wildman–Crippen MR) is 208 cm³/mol. The van der Waals surface area contributed by atoms with Gasteiger partial charge in [-0.25, -0.2) is 4.99 Å². The van der Waals surface area contributed by atoms with E-state index in [1.165, 1.54) is 60.9 Å². The largest absolute Gasteiger partial charge is 0.309 e. The summed E-state index contributed by atoms with van der Waals surface area (Å²) in [5.74, 6) is 0. The highest BCUT2D eigenvalue weighted by Gasteiger charge is 2.35. The Morgan fingerprint density at radius 1 is 0.571 bits per heavy atom. The second-order valence-corrected chi connectivity index (χ2v) is 13.9. The molecule has 0 atom stereocenters. The molecule has 7 aromatic rings. The van der Waals surface area contributed by atoms with Crippen molar-refractivity contribution < 1.29 is 0 Å². The lowest BCUT2D eigenvalue weighted by atomic mass is 9.81. The van der Waals surface area contributed by atoms with Gasteiger partial charge < -0.3 is 4.57 Å². The maximum absolute atomic E-state index is 5.48. The van der Waals surface area contributed by atoms with Gasteiger partial charge in [-0.2, -0.15) is 0 Å². The van der Waals surface area contributed by atoms with Gasteiger partial charge >= 0.3 is 0 Å². The van der Waals surface area contributed by atoms with Gasteiger partial charge in [0, 0.05) is 27.4 Å². The van der Waals surface area contributed by atoms with Crippen molar-refractivity contribution in [2.24, 2.45) is 4.99 Å². The molecule has 0 bridgehead atoms. The molecule has 49 heavy (non-hydrogen) atoms. The van der Waals surface area contributed by atoms with Crippen LogP contribution in [0.15, 0.2) is 163 Å². The van der Waals surface area contributed by atoms with Gasteiger partial charge in [0.25, 0.3) is 0 Å². The molecule has 0 fully saturated rings. The Bertz CT molecular complexity index is 2430. The smallest absolute Gasteiger partial charge is 0.0712 e. The van der Waals surface area contributed by atoms with Gasteiger partial charge in [0.15, 0.2) is 0 Å². The van der Waals surface area contributed by atoms with E-state index in [4.69, 9.17) is 4.99 Å². The van der Waals surface area contributed by atoms with Gasteiger partial charge in [0.1, 0.15) is 0 Å². The Morgan fingerprint density at radius 2 is 1.24 bits per heavy atom. The number of allylic oxidation sites excluding steroid dienone is 3. The molecule has 0 spiro atoms. The number of fused-ring (bicyclic) bond motifs is 6. The Balaban J connectivity index is 1.21. The highest BCUT2D eigenvalue weighted by molar-refractivity contribution is 6.15. The quantitative estimate of drug-likeness (QED) is 0.184. The van der Waals surface area contributed by atoms with Crippen LogP contribution in [0.25, 0.3) is 49.9 Å². The molecule has 0 radical (unpaired) electrons. The van der Waals surface area contributed by atoms with Crippen molar-refractivity contribution in [2.75, 3.05) is 0 Å². The monoisotopic (exact) mass is 630 g/mol. The summed E-state index contributed by atoms with van der Waals surface area (Å²) in [5, 5.41) is 2.56. The second-order valence-electron chi connectivity index (χ2n) is 13.9. The van der Waals surface area contributed by atoms with Gasteiger partial charge in [0.05, 0.1) is 22.4 Å². The molecule has 6 aromatic carbocycles. The third-order valence-electron chi connectivity index (χ3n) is 10.5.